The van der Waals surface area contributed by atoms with E-state index < -0.39 is 16.1 Å². The fraction of sp³-hybridized carbons (Fsp3) is 0.500. The summed E-state index contributed by atoms with van der Waals surface area (Å²) in [5, 5.41) is 2.84. The van der Waals surface area contributed by atoms with Gasteiger partial charge in [-0.1, -0.05) is 5.92 Å². The maximum absolute atomic E-state index is 12.6. The first-order valence-electron chi connectivity index (χ1n) is 8.31. The Kier molecular flexibility index (Phi) is 7.07. The van der Waals surface area contributed by atoms with E-state index in [-0.39, 0.29) is 37.4 Å². The SMILES string of the molecule is C#CCOc1cc(C(=O)N[C@H]2COC[C@H]2CS(=O)(=O)N(C)C)ccc1OC. The standard InChI is InChI=1S/C18H24N2O6S/c1-5-8-26-17-9-13(6-7-16(17)24-4)18(21)19-15-11-25-10-14(15)12-27(22,23)20(2)3/h1,6-7,9,14-15H,8,10-12H2,2-4H3,(H,19,21)/t14-,15-/m0/s1. The Morgan fingerprint density at radius 2 is 2.11 bits per heavy atom. The number of nitrogens with one attached hydrogen (secondary N) is 1. The molecule has 148 valence electrons. The van der Waals surface area contributed by atoms with E-state index in [9.17, 15) is 13.2 Å². The number of methoxy groups -OCH3 is 1. The average molecular weight is 396 g/mol. The van der Waals surface area contributed by atoms with Gasteiger partial charge in [0.05, 0.1) is 32.1 Å². The lowest BCUT2D eigenvalue weighted by atomic mass is 10.1. The Morgan fingerprint density at radius 1 is 1.37 bits per heavy atom. The van der Waals surface area contributed by atoms with E-state index >= 15 is 0 Å². The lowest BCUT2D eigenvalue weighted by Crippen LogP contribution is -2.43. The molecule has 8 nitrogen and oxygen atoms in total. The van der Waals surface area contributed by atoms with Crippen LogP contribution in [0.4, 0.5) is 0 Å². The van der Waals surface area contributed by atoms with E-state index in [0.717, 1.165) is 0 Å². The number of hydrogen-bond donors (Lipinski definition) is 1. The third-order valence-electron chi connectivity index (χ3n) is 4.23. The van der Waals surface area contributed by atoms with E-state index in [2.05, 4.69) is 11.2 Å². The van der Waals surface area contributed by atoms with Crippen LogP contribution in [0.2, 0.25) is 0 Å². The quantitative estimate of drug-likeness (QED) is 0.637. The molecule has 1 aliphatic rings. The third kappa shape index (κ3) is 5.35. The highest BCUT2D eigenvalue weighted by Gasteiger charge is 2.34. The number of carbonyl (C=O) groups excluding carboxylic acids is 1. The summed E-state index contributed by atoms with van der Waals surface area (Å²) in [5.41, 5.74) is 0.351. The van der Waals surface area contributed by atoms with Gasteiger partial charge in [0.25, 0.3) is 5.91 Å². The normalized spacial score (nSPS) is 19.5. The van der Waals surface area contributed by atoms with Crippen LogP contribution in [0.25, 0.3) is 0 Å². The second-order valence-electron chi connectivity index (χ2n) is 6.30. The zero-order chi connectivity index (χ0) is 20.0. The zero-order valence-corrected chi connectivity index (χ0v) is 16.4. The molecule has 0 unspecified atom stereocenters. The second kappa shape index (κ2) is 9.08. The van der Waals surface area contributed by atoms with Gasteiger partial charge in [-0.25, -0.2) is 12.7 Å². The second-order valence-corrected chi connectivity index (χ2v) is 8.52. The molecule has 0 spiro atoms. The predicted octanol–water partition coefficient (Wildman–Crippen LogP) is 0.343. The number of ether oxygens (including phenoxy) is 3. The number of hydrogen-bond acceptors (Lipinski definition) is 6. The summed E-state index contributed by atoms with van der Waals surface area (Å²) in [6.07, 6.45) is 5.20. The molecule has 1 aromatic rings. The van der Waals surface area contributed by atoms with Gasteiger partial charge in [-0.2, -0.15) is 0 Å². The largest absolute Gasteiger partial charge is 0.493 e. The minimum atomic E-state index is -3.39. The van der Waals surface area contributed by atoms with Gasteiger partial charge in [-0.15, -0.1) is 6.42 Å². The molecule has 0 bridgehead atoms. The van der Waals surface area contributed by atoms with Crippen molar-refractivity contribution in [3.05, 3.63) is 23.8 Å². The summed E-state index contributed by atoms with van der Waals surface area (Å²) >= 11 is 0. The van der Waals surface area contributed by atoms with Crippen molar-refractivity contribution >= 4 is 15.9 Å². The minimum absolute atomic E-state index is 0.0440. The third-order valence-corrected chi connectivity index (χ3v) is 6.19. The van der Waals surface area contributed by atoms with Crippen molar-refractivity contribution in [3.8, 4) is 23.8 Å². The monoisotopic (exact) mass is 396 g/mol. The summed E-state index contributed by atoms with van der Waals surface area (Å²) in [7, 11) is 1.06. The van der Waals surface area contributed by atoms with E-state index in [1.807, 2.05) is 0 Å². The summed E-state index contributed by atoms with van der Waals surface area (Å²) in [4.78, 5) is 12.6. The predicted molar refractivity (Wildman–Crippen MR) is 100 cm³/mol. The Labute approximate surface area is 159 Å². The van der Waals surface area contributed by atoms with Crippen LogP contribution in [0, 0.1) is 18.3 Å². The van der Waals surface area contributed by atoms with E-state index in [0.29, 0.717) is 17.1 Å². The van der Waals surface area contributed by atoms with Gasteiger partial charge < -0.3 is 19.5 Å². The van der Waals surface area contributed by atoms with Crippen molar-refractivity contribution in [1.82, 2.24) is 9.62 Å². The van der Waals surface area contributed by atoms with Crippen molar-refractivity contribution in [2.45, 2.75) is 6.04 Å². The lowest BCUT2D eigenvalue weighted by molar-refractivity contribution is 0.0925. The van der Waals surface area contributed by atoms with Gasteiger partial charge in [0.15, 0.2) is 11.5 Å². The summed E-state index contributed by atoms with van der Waals surface area (Å²) in [6.45, 7) is 0.579. The van der Waals surface area contributed by atoms with Crippen molar-refractivity contribution in [2.24, 2.45) is 5.92 Å². The Hall–Kier alpha value is -2.28. The van der Waals surface area contributed by atoms with Crippen LogP contribution in [0.1, 0.15) is 10.4 Å². The molecule has 0 radical (unpaired) electrons. The molecule has 1 saturated heterocycles. The lowest BCUT2D eigenvalue weighted by Gasteiger charge is -2.21. The molecule has 1 N–H and O–H groups in total. The number of amides is 1. The first kappa shape index (κ1) is 21.0. The number of benzene rings is 1. The Morgan fingerprint density at radius 3 is 2.74 bits per heavy atom. The molecule has 0 saturated carbocycles. The van der Waals surface area contributed by atoms with Gasteiger partial charge >= 0.3 is 0 Å². The Bertz CT molecular complexity index is 816. The van der Waals surface area contributed by atoms with Crippen molar-refractivity contribution < 1.29 is 27.4 Å². The zero-order valence-electron chi connectivity index (χ0n) is 15.6. The topological polar surface area (TPSA) is 94.2 Å². The van der Waals surface area contributed by atoms with Crippen LogP contribution >= 0.6 is 0 Å². The molecular formula is C18H24N2O6S. The molecule has 1 amide bonds. The summed E-state index contributed by atoms with van der Waals surface area (Å²) in [5.74, 6) is 2.40. The van der Waals surface area contributed by atoms with Crippen molar-refractivity contribution in [2.75, 3.05) is 46.8 Å². The molecule has 2 rings (SSSR count). The molecule has 0 aromatic heterocycles. The van der Waals surface area contributed by atoms with Crippen LogP contribution in [-0.4, -0.2) is 71.5 Å². The average Bonchev–Trinajstić information content (AvgIpc) is 3.05. The molecule has 9 heteroatoms. The van der Waals surface area contributed by atoms with Crippen molar-refractivity contribution in [1.29, 1.82) is 0 Å². The first-order valence-corrected chi connectivity index (χ1v) is 9.92. The van der Waals surface area contributed by atoms with Crippen LogP contribution in [-0.2, 0) is 14.8 Å². The molecule has 1 aromatic carbocycles. The Balaban J connectivity index is 2.10. The molecule has 27 heavy (non-hydrogen) atoms. The molecule has 1 heterocycles. The summed E-state index contributed by atoms with van der Waals surface area (Å²) < 4.78 is 41.4. The highest BCUT2D eigenvalue weighted by molar-refractivity contribution is 7.89. The fourth-order valence-corrected chi connectivity index (χ4v) is 3.81. The maximum atomic E-state index is 12.6. The van der Waals surface area contributed by atoms with Gasteiger partial charge in [0, 0.05) is 25.6 Å². The molecule has 2 atom stereocenters. The molecule has 1 aliphatic heterocycles. The summed E-state index contributed by atoms with van der Waals surface area (Å²) in [6, 6.07) is 4.34. The number of rotatable bonds is 8. The van der Waals surface area contributed by atoms with Crippen LogP contribution in [0.3, 0.4) is 0 Å². The highest BCUT2D eigenvalue weighted by atomic mass is 32.2. The van der Waals surface area contributed by atoms with Crippen LogP contribution < -0.4 is 14.8 Å². The van der Waals surface area contributed by atoms with Crippen LogP contribution in [0.15, 0.2) is 18.2 Å². The molecular weight excluding hydrogens is 372 g/mol. The van der Waals surface area contributed by atoms with E-state index in [4.69, 9.17) is 20.6 Å². The number of terminal acetylenes is 1. The number of nitrogens with zero attached hydrogens (tertiary/aromatic N) is 1. The van der Waals surface area contributed by atoms with Crippen molar-refractivity contribution in [3.63, 3.8) is 0 Å². The fourth-order valence-electron chi connectivity index (χ4n) is 2.64. The number of carbonyl (C=O) groups is 1. The smallest absolute Gasteiger partial charge is 0.251 e. The highest BCUT2D eigenvalue weighted by Crippen LogP contribution is 2.28. The van der Waals surface area contributed by atoms with E-state index in [1.165, 1.54) is 31.6 Å². The maximum Gasteiger partial charge on any atom is 0.251 e. The van der Waals surface area contributed by atoms with Gasteiger partial charge in [0.2, 0.25) is 10.0 Å². The number of sulfonamides is 1. The van der Waals surface area contributed by atoms with Gasteiger partial charge in [-0.3, -0.25) is 4.79 Å². The van der Waals surface area contributed by atoms with Crippen LogP contribution in [0.5, 0.6) is 11.5 Å². The molecule has 1 fully saturated rings. The first-order chi connectivity index (χ1) is 12.8. The molecule has 0 aliphatic carbocycles. The van der Waals surface area contributed by atoms with Gasteiger partial charge in [-0.05, 0) is 18.2 Å². The minimum Gasteiger partial charge on any atom is -0.493 e. The van der Waals surface area contributed by atoms with E-state index in [1.54, 1.807) is 12.1 Å². The van der Waals surface area contributed by atoms with Gasteiger partial charge in [0.1, 0.15) is 6.61 Å².